The summed E-state index contributed by atoms with van der Waals surface area (Å²) in [5, 5.41) is 0. The number of nitrogens with zero attached hydrogens (tertiary/aromatic N) is 2. The van der Waals surface area contributed by atoms with Crippen LogP contribution in [0.1, 0.15) is 5.56 Å². The summed E-state index contributed by atoms with van der Waals surface area (Å²) < 4.78 is 14.0. The minimum Gasteiger partial charge on any atom is -0.492 e. The van der Waals surface area contributed by atoms with Crippen molar-refractivity contribution < 1.29 is 9.47 Å². The molecule has 3 rings (SSSR count). The van der Waals surface area contributed by atoms with Gasteiger partial charge in [-0.3, -0.25) is 13.9 Å². The van der Waals surface area contributed by atoms with Gasteiger partial charge in [-0.05, 0) is 31.2 Å². The Bertz CT molecular complexity index is 979. The van der Waals surface area contributed by atoms with Gasteiger partial charge in [0, 0.05) is 11.8 Å². The Morgan fingerprint density at radius 3 is 1.85 bits per heavy atom. The molecule has 0 radical (unpaired) electrons. The van der Waals surface area contributed by atoms with Gasteiger partial charge in [0.1, 0.15) is 24.7 Å². The highest BCUT2D eigenvalue weighted by atomic mass is 16.5. The zero-order valence-electron chi connectivity index (χ0n) is 15.2. The van der Waals surface area contributed by atoms with Gasteiger partial charge in [0.2, 0.25) is 0 Å². The number of hydrogen-bond acceptors (Lipinski definition) is 4. The molecular formula is C21H22N2O4. The van der Waals surface area contributed by atoms with E-state index in [0.29, 0.717) is 24.5 Å². The average Bonchev–Trinajstić information content (AvgIpc) is 2.70. The molecule has 0 fully saturated rings. The van der Waals surface area contributed by atoms with Crippen molar-refractivity contribution in [1.82, 2.24) is 9.13 Å². The maximum Gasteiger partial charge on any atom is 0.331 e. The smallest absolute Gasteiger partial charge is 0.331 e. The number of aryl methyl sites for hydroxylation is 1. The summed E-state index contributed by atoms with van der Waals surface area (Å²) in [6, 6.07) is 18.7. The van der Waals surface area contributed by atoms with Gasteiger partial charge in [-0.2, -0.15) is 0 Å². The fraction of sp³-hybridized carbons (Fsp3) is 0.238. The maximum absolute atomic E-state index is 12.6. The summed E-state index contributed by atoms with van der Waals surface area (Å²) in [6.07, 6.45) is 1.58. The molecule has 0 amide bonds. The minimum atomic E-state index is -0.362. The second-order valence-corrected chi connectivity index (χ2v) is 6.07. The number of para-hydroxylation sites is 2. The van der Waals surface area contributed by atoms with E-state index in [0.717, 1.165) is 5.75 Å². The van der Waals surface area contributed by atoms with Crippen LogP contribution in [-0.2, 0) is 13.1 Å². The minimum absolute atomic E-state index is 0.188. The summed E-state index contributed by atoms with van der Waals surface area (Å²) in [4.78, 5) is 25.0. The summed E-state index contributed by atoms with van der Waals surface area (Å²) in [5.74, 6) is 1.45. The molecular weight excluding hydrogens is 344 g/mol. The Balaban J connectivity index is 1.67. The monoisotopic (exact) mass is 366 g/mol. The lowest BCUT2D eigenvalue weighted by Crippen LogP contribution is -2.42. The Morgan fingerprint density at radius 2 is 1.30 bits per heavy atom. The Labute approximate surface area is 157 Å². The Hall–Kier alpha value is -3.28. The standard InChI is InChI=1S/C21H22N2O4/c1-17-16-22(12-14-26-18-8-4-2-5-9-18)21(25)23(20(17)24)13-15-27-19-10-6-3-7-11-19/h2-11,16H,12-15H2,1H3. The van der Waals surface area contributed by atoms with E-state index < -0.39 is 0 Å². The maximum atomic E-state index is 12.6. The molecule has 0 aliphatic carbocycles. The van der Waals surface area contributed by atoms with Gasteiger partial charge < -0.3 is 9.47 Å². The van der Waals surface area contributed by atoms with Crippen LogP contribution in [0.3, 0.4) is 0 Å². The molecule has 0 atom stereocenters. The van der Waals surface area contributed by atoms with Crippen molar-refractivity contribution in [3.05, 3.63) is 93.3 Å². The molecule has 1 heterocycles. The van der Waals surface area contributed by atoms with Crippen molar-refractivity contribution in [3.63, 3.8) is 0 Å². The van der Waals surface area contributed by atoms with Crippen LogP contribution < -0.4 is 20.7 Å². The molecule has 0 spiro atoms. The highest BCUT2D eigenvalue weighted by Gasteiger charge is 2.09. The predicted molar refractivity (Wildman–Crippen MR) is 104 cm³/mol. The molecule has 27 heavy (non-hydrogen) atoms. The van der Waals surface area contributed by atoms with Crippen molar-refractivity contribution in [2.24, 2.45) is 0 Å². The molecule has 6 nitrogen and oxygen atoms in total. The van der Waals surface area contributed by atoms with E-state index >= 15 is 0 Å². The van der Waals surface area contributed by atoms with Crippen LogP contribution in [0.5, 0.6) is 11.5 Å². The first kappa shape index (κ1) is 18.5. The molecule has 0 unspecified atom stereocenters. The number of benzene rings is 2. The molecule has 2 aromatic carbocycles. The van der Waals surface area contributed by atoms with E-state index in [2.05, 4.69) is 0 Å². The fourth-order valence-electron chi connectivity index (χ4n) is 2.71. The molecule has 0 N–H and O–H groups in total. The van der Waals surface area contributed by atoms with Crippen LogP contribution in [0, 0.1) is 6.92 Å². The molecule has 0 bridgehead atoms. The predicted octanol–water partition coefficient (Wildman–Crippen LogP) is 2.48. The van der Waals surface area contributed by atoms with Gasteiger partial charge in [-0.25, -0.2) is 4.79 Å². The van der Waals surface area contributed by atoms with Gasteiger partial charge in [0.15, 0.2) is 0 Å². The Morgan fingerprint density at radius 1 is 0.778 bits per heavy atom. The molecule has 0 aliphatic heterocycles. The van der Waals surface area contributed by atoms with Crippen molar-refractivity contribution in [1.29, 1.82) is 0 Å². The van der Waals surface area contributed by atoms with E-state index in [4.69, 9.17) is 9.47 Å². The molecule has 6 heteroatoms. The largest absolute Gasteiger partial charge is 0.492 e. The van der Waals surface area contributed by atoms with Gasteiger partial charge in [0.05, 0.1) is 13.1 Å². The highest BCUT2D eigenvalue weighted by molar-refractivity contribution is 5.21. The second kappa shape index (κ2) is 8.89. The summed E-state index contributed by atoms with van der Waals surface area (Å²) in [5.41, 5.74) is -0.148. The molecule has 0 saturated heterocycles. The average molecular weight is 366 g/mol. The lowest BCUT2D eigenvalue weighted by Gasteiger charge is -2.13. The van der Waals surface area contributed by atoms with Crippen LogP contribution in [0.15, 0.2) is 76.4 Å². The zero-order valence-corrected chi connectivity index (χ0v) is 15.2. The SMILES string of the molecule is Cc1cn(CCOc2ccccc2)c(=O)n(CCOc2ccccc2)c1=O. The molecule has 0 saturated carbocycles. The van der Waals surface area contributed by atoms with E-state index in [1.165, 1.54) is 9.13 Å². The van der Waals surface area contributed by atoms with Gasteiger partial charge in [0.25, 0.3) is 5.56 Å². The van der Waals surface area contributed by atoms with Crippen LogP contribution in [0.4, 0.5) is 0 Å². The third-order valence-corrected chi connectivity index (χ3v) is 4.08. The van der Waals surface area contributed by atoms with Crippen LogP contribution in [0.25, 0.3) is 0 Å². The quantitative estimate of drug-likeness (QED) is 0.614. The second-order valence-electron chi connectivity index (χ2n) is 6.07. The molecule has 3 aromatic rings. The van der Waals surface area contributed by atoms with Crippen LogP contribution in [0.2, 0.25) is 0 Å². The van der Waals surface area contributed by atoms with Crippen LogP contribution in [-0.4, -0.2) is 22.3 Å². The number of aromatic nitrogens is 2. The topological polar surface area (TPSA) is 62.5 Å². The number of hydrogen-bond donors (Lipinski definition) is 0. The number of rotatable bonds is 8. The normalized spacial score (nSPS) is 10.6. The van der Waals surface area contributed by atoms with Gasteiger partial charge in [-0.1, -0.05) is 36.4 Å². The lowest BCUT2D eigenvalue weighted by molar-refractivity contribution is 0.280. The summed E-state index contributed by atoms with van der Waals surface area (Å²) >= 11 is 0. The first-order valence-corrected chi connectivity index (χ1v) is 8.82. The third-order valence-electron chi connectivity index (χ3n) is 4.08. The summed E-state index contributed by atoms with van der Waals surface area (Å²) in [6.45, 7) is 2.82. The summed E-state index contributed by atoms with van der Waals surface area (Å²) in [7, 11) is 0. The van der Waals surface area contributed by atoms with Crippen molar-refractivity contribution in [2.75, 3.05) is 13.2 Å². The van der Waals surface area contributed by atoms with Crippen molar-refractivity contribution >= 4 is 0 Å². The number of ether oxygens (including phenoxy) is 2. The van der Waals surface area contributed by atoms with Gasteiger partial charge in [-0.15, -0.1) is 0 Å². The van der Waals surface area contributed by atoms with Crippen molar-refractivity contribution in [2.45, 2.75) is 20.0 Å². The third kappa shape index (κ3) is 4.88. The molecule has 140 valence electrons. The first-order chi connectivity index (χ1) is 13.1. The highest BCUT2D eigenvalue weighted by Crippen LogP contribution is 2.08. The van der Waals surface area contributed by atoms with E-state index in [-0.39, 0.29) is 24.4 Å². The zero-order chi connectivity index (χ0) is 19.1. The molecule has 0 aliphatic rings. The Kier molecular flexibility index (Phi) is 6.10. The van der Waals surface area contributed by atoms with E-state index in [1.54, 1.807) is 13.1 Å². The lowest BCUT2D eigenvalue weighted by atomic mass is 10.3. The molecule has 1 aromatic heterocycles. The fourth-order valence-corrected chi connectivity index (χ4v) is 2.71. The first-order valence-electron chi connectivity index (χ1n) is 8.82. The van der Waals surface area contributed by atoms with E-state index in [1.807, 2.05) is 60.7 Å². The van der Waals surface area contributed by atoms with E-state index in [9.17, 15) is 9.59 Å². The van der Waals surface area contributed by atoms with Crippen LogP contribution >= 0.6 is 0 Å². The van der Waals surface area contributed by atoms with Gasteiger partial charge >= 0.3 is 5.69 Å². The van der Waals surface area contributed by atoms with Crippen molar-refractivity contribution in [3.8, 4) is 11.5 Å².